The number of aromatic nitrogens is 2. The molecule has 0 radical (unpaired) electrons. The summed E-state index contributed by atoms with van der Waals surface area (Å²) in [7, 11) is 0. The van der Waals surface area contributed by atoms with Gasteiger partial charge in [0.05, 0.1) is 29.7 Å². The van der Waals surface area contributed by atoms with Crippen LogP contribution < -0.4 is 10.5 Å². The molecule has 122 valence electrons. The summed E-state index contributed by atoms with van der Waals surface area (Å²) in [4.78, 5) is 22.0. The number of hydrogen-bond acceptors (Lipinski definition) is 5. The lowest BCUT2D eigenvalue weighted by Crippen LogP contribution is -2.60. The Kier molecular flexibility index (Phi) is 3.21. The van der Waals surface area contributed by atoms with Gasteiger partial charge in [-0.2, -0.15) is 0 Å². The van der Waals surface area contributed by atoms with Gasteiger partial charge in [0, 0.05) is 19.6 Å². The fourth-order valence-corrected chi connectivity index (χ4v) is 3.68. The third-order valence-electron chi connectivity index (χ3n) is 4.51. The number of fused-ring (bicyclic) bond motifs is 1. The lowest BCUT2D eigenvalue weighted by atomic mass is 9.95. The molecule has 3 heterocycles. The maximum atomic E-state index is 12.3. The number of morpholine rings is 1. The van der Waals surface area contributed by atoms with Gasteiger partial charge in [0.25, 0.3) is 5.56 Å². The van der Waals surface area contributed by atoms with Crippen LogP contribution in [-0.4, -0.2) is 47.5 Å². The smallest absolute Gasteiger partial charge is 0.260 e. The minimum atomic E-state index is -0.323. The molecule has 2 saturated heterocycles. The molecular weight excluding hydrogens is 294 g/mol. The van der Waals surface area contributed by atoms with E-state index in [-0.39, 0.29) is 16.8 Å². The summed E-state index contributed by atoms with van der Waals surface area (Å²) < 4.78 is 11.9. The van der Waals surface area contributed by atoms with Crippen molar-refractivity contribution >= 4 is 16.9 Å². The van der Waals surface area contributed by atoms with Gasteiger partial charge in [0.15, 0.2) is 0 Å². The van der Waals surface area contributed by atoms with E-state index in [0.29, 0.717) is 43.2 Å². The molecular formula is C17H21N3O3. The zero-order chi connectivity index (χ0) is 16.1. The van der Waals surface area contributed by atoms with Crippen LogP contribution >= 0.6 is 0 Å². The Hall–Kier alpha value is -1.92. The van der Waals surface area contributed by atoms with Gasteiger partial charge in [-0.25, -0.2) is 4.98 Å². The van der Waals surface area contributed by atoms with E-state index in [0.717, 1.165) is 6.42 Å². The molecule has 6 heteroatoms. The molecule has 1 aromatic carbocycles. The molecule has 2 aliphatic rings. The van der Waals surface area contributed by atoms with E-state index in [9.17, 15) is 4.79 Å². The van der Waals surface area contributed by atoms with Crippen LogP contribution in [0.2, 0.25) is 0 Å². The van der Waals surface area contributed by atoms with Gasteiger partial charge >= 0.3 is 0 Å². The Morgan fingerprint density at radius 2 is 2.09 bits per heavy atom. The molecule has 0 aliphatic carbocycles. The highest BCUT2D eigenvalue weighted by molar-refractivity contribution is 5.78. The first-order chi connectivity index (χ1) is 11.0. The predicted molar refractivity (Wildman–Crippen MR) is 87.9 cm³/mol. The number of aromatic amines is 1. The zero-order valence-electron chi connectivity index (χ0n) is 13.5. The zero-order valence-corrected chi connectivity index (χ0v) is 13.5. The third-order valence-corrected chi connectivity index (χ3v) is 4.51. The second-order valence-electron chi connectivity index (χ2n) is 7.11. The number of nitrogens with zero attached hydrogens (tertiary/aromatic N) is 2. The number of para-hydroxylation sites is 1. The molecule has 6 nitrogen and oxygen atoms in total. The first-order valence-corrected chi connectivity index (χ1v) is 7.98. The summed E-state index contributed by atoms with van der Waals surface area (Å²) in [5.74, 6) is 0.608. The molecule has 2 fully saturated rings. The molecule has 23 heavy (non-hydrogen) atoms. The number of rotatable bonds is 1. The van der Waals surface area contributed by atoms with Crippen molar-refractivity contribution in [2.75, 3.05) is 31.2 Å². The number of anilines is 1. The summed E-state index contributed by atoms with van der Waals surface area (Å²) in [6.45, 7) is 6.79. The Morgan fingerprint density at radius 3 is 2.87 bits per heavy atom. The van der Waals surface area contributed by atoms with E-state index in [1.165, 1.54) is 0 Å². The Bertz CT molecular complexity index is 793. The van der Waals surface area contributed by atoms with Gasteiger partial charge in [0.2, 0.25) is 5.95 Å². The number of benzene rings is 1. The quantitative estimate of drug-likeness (QED) is 0.867. The summed E-state index contributed by atoms with van der Waals surface area (Å²) in [5, 5.41) is 0.614. The van der Waals surface area contributed by atoms with Gasteiger partial charge in [-0.05, 0) is 26.0 Å². The highest BCUT2D eigenvalue weighted by atomic mass is 16.6. The third kappa shape index (κ3) is 2.62. The van der Waals surface area contributed by atoms with E-state index in [2.05, 4.69) is 28.7 Å². The number of H-pyrrole nitrogens is 1. The fourth-order valence-electron chi connectivity index (χ4n) is 3.68. The highest BCUT2D eigenvalue weighted by Crippen LogP contribution is 2.35. The van der Waals surface area contributed by atoms with Crippen LogP contribution in [0.4, 0.5) is 5.95 Å². The largest absolute Gasteiger partial charge is 0.378 e. The van der Waals surface area contributed by atoms with E-state index in [1.807, 2.05) is 18.2 Å². The molecule has 4 rings (SSSR count). The second kappa shape index (κ2) is 5.04. The molecule has 2 aromatic rings. The molecule has 1 N–H and O–H groups in total. The number of nitrogens with one attached hydrogen (secondary N) is 1. The monoisotopic (exact) mass is 315 g/mol. The van der Waals surface area contributed by atoms with Crippen molar-refractivity contribution in [2.45, 2.75) is 31.5 Å². The number of hydrogen-bond donors (Lipinski definition) is 1. The van der Waals surface area contributed by atoms with Crippen molar-refractivity contribution in [2.24, 2.45) is 0 Å². The van der Waals surface area contributed by atoms with Crippen LogP contribution in [0, 0.1) is 0 Å². The van der Waals surface area contributed by atoms with Crippen molar-refractivity contribution < 1.29 is 9.47 Å². The van der Waals surface area contributed by atoms with Crippen molar-refractivity contribution in [3.8, 4) is 0 Å². The highest BCUT2D eigenvalue weighted by Gasteiger charge is 2.47. The molecule has 1 aromatic heterocycles. The van der Waals surface area contributed by atoms with Gasteiger partial charge in [-0.15, -0.1) is 0 Å². The minimum Gasteiger partial charge on any atom is -0.378 e. The Morgan fingerprint density at radius 1 is 1.26 bits per heavy atom. The fraction of sp³-hybridized carbons (Fsp3) is 0.529. The van der Waals surface area contributed by atoms with Crippen LogP contribution in [0.25, 0.3) is 10.9 Å². The van der Waals surface area contributed by atoms with Crippen LogP contribution in [0.1, 0.15) is 20.3 Å². The lowest BCUT2D eigenvalue weighted by Gasteiger charge is -2.48. The van der Waals surface area contributed by atoms with Crippen LogP contribution in [-0.2, 0) is 9.47 Å². The maximum absolute atomic E-state index is 12.3. The van der Waals surface area contributed by atoms with Gasteiger partial charge in [-0.1, -0.05) is 12.1 Å². The van der Waals surface area contributed by atoms with Crippen LogP contribution in [0.15, 0.2) is 29.1 Å². The Balaban J connectivity index is 1.75. The predicted octanol–water partition coefficient (Wildman–Crippen LogP) is 1.70. The van der Waals surface area contributed by atoms with E-state index in [4.69, 9.17) is 9.47 Å². The van der Waals surface area contributed by atoms with Crippen molar-refractivity contribution in [1.29, 1.82) is 0 Å². The first-order valence-electron chi connectivity index (χ1n) is 7.98. The molecule has 1 spiro atoms. The van der Waals surface area contributed by atoms with Gasteiger partial charge in [-0.3, -0.25) is 9.78 Å². The topological polar surface area (TPSA) is 67.5 Å². The summed E-state index contributed by atoms with van der Waals surface area (Å²) in [6, 6.07) is 7.41. The van der Waals surface area contributed by atoms with E-state index in [1.54, 1.807) is 6.07 Å². The average molecular weight is 315 g/mol. The Labute approximate surface area is 134 Å². The SMILES string of the molecule is CC1(C)CN(c2nc3ccccc3c(=O)[nH]2)CC2(CCOC2)O1. The number of ether oxygens (including phenoxy) is 2. The normalized spacial score (nSPS) is 27.0. The van der Waals surface area contributed by atoms with Crippen molar-refractivity contribution in [3.63, 3.8) is 0 Å². The van der Waals surface area contributed by atoms with Crippen molar-refractivity contribution in [3.05, 3.63) is 34.6 Å². The van der Waals surface area contributed by atoms with Gasteiger partial charge in [0.1, 0.15) is 5.60 Å². The maximum Gasteiger partial charge on any atom is 0.260 e. The first kappa shape index (κ1) is 14.7. The van der Waals surface area contributed by atoms with E-state index >= 15 is 0 Å². The van der Waals surface area contributed by atoms with Crippen LogP contribution in [0.3, 0.4) is 0 Å². The summed E-state index contributed by atoms with van der Waals surface area (Å²) in [5.41, 5.74) is -0.0267. The van der Waals surface area contributed by atoms with E-state index < -0.39 is 0 Å². The molecule has 1 atom stereocenters. The van der Waals surface area contributed by atoms with Crippen molar-refractivity contribution in [1.82, 2.24) is 9.97 Å². The molecule has 0 saturated carbocycles. The van der Waals surface area contributed by atoms with Crippen LogP contribution in [0.5, 0.6) is 0 Å². The molecule has 2 aliphatic heterocycles. The molecule has 0 amide bonds. The molecule has 0 bridgehead atoms. The minimum absolute atomic E-state index is 0.105. The second-order valence-corrected chi connectivity index (χ2v) is 7.11. The lowest BCUT2D eigenvalue weighted by molar-refractivity contribution is -0.151. The molecule has 1 unspecified atom stereocenters. The van der Waals surface area contributed by atoms with Gasteiger partial charge < -0.3 is 14.4 Å². The summed E-state index contributed by atoms with van der Waals surface area (Å²) >= 11 is 0. The summed E-state index contributed by atoms with van der Waals surface area (Å²) in [6.07, 6.45) is 0.866. The average Bonchev–Trinajstić information content (AvgIpc) is 2.92. The standard InChI is InChI=1S/C17H21N3O3/c1-16(2)9-20(10-17(23-16)7-8-22-11-17)15-18-13-6-4-3-5-12(13)14(21)19-15/h3-6H,7-11H2,1-2H3,(H,18,19,21).